The zero-order valence-electron chi connectivity index (χ0n) is 11.2. The second-order valence-electron chi connectivity index (χ2n) is 4.99. The number of hydrogen-bond donors (Lipinski definition) is 1. The summed E-state index contributed by atoms with van der Waals surface area (Å²) in [5.41, 5.74) is 7.29. The van der Waals surface area contributed by atoms with Crippen molar-refractivity contribution >= 4 is 9.84 Å². The second-order valence-corrected chi connectivity index (χ2v) is 7.29. The molecule has 1 aromatic heterocycles. The molecule has 1 aliphatic heterocycles. The smallest absolute Gasteiger partial charge is 0.152 e. The van der Waals surface area contributed by atoms with Crippen LogP contribution in [-0.4, -0.2) is 48.9 Å². The predicted octanol–water partition coefficient (Wildman–Crippen LogP) is 0.590. The molecule has 6 heteroatoms. The van der Waals surface area contributed by atoms with E-state index in [0.717, 1.165) is 12.0 Å². The Morgan fingerprint density at radius 1 is 1.42 bits per heavy atom. The number of nitrogens with two attached hydrogens (primary N) is 1. The highest BCUT2D eigenvalue weighted by Crippen LogP contribution is 2.26. The summed E-state index contributed by atoms with van der Waals surface area (Å²) >= 11 is 0. The molecular weight excluding hydrogens is 262 g/mol. The van der Waals surface area contributed by atoms with Crippen LogP contribution in [0.1, 0.15) is 24.9 Å². The van der Waals surface area contributed by atoms with Gasteiger partial charge in [0.2, 0.25) is 0 Å². The molecule has 2 rings (SSSR count). The summed E-state index contributed by atoms with van der Waals surface area (Å²) in [4.78, 5) is 6.32. The van der Waals surface area contributed by atoms with Crippen LogP contribution in [0.3, 0.4) is 0 Å². The minimum Gasteiger partial charge on any atom is -0.326 e. The maximum atomic E-state index is 11.5. The molecule has 1 aliphatic rings. The number of pyridine rings is 1. The van der Waals surface area contributed by atoms with Crippen molar-refractivity contribution in [3.05, 3.63) is 30.1 Å². The van der Waals surface area contributed by atoms with E-state index in [1.165, 1.54) is 0 Å². The van der Waals surface area contributed by atoms with Crippen LogP contribution < -0.4 is 5.73 Å². The van der Waals surface area contributed by atoms with E-state index in [9.17, 15) is 8.42 Å². The molecule has 0 amide bonds. The largest absolute Gasteiger partial charge is 0.326 e. The average molecular weight is 283 g/mol. The van der Waals surface area contributed by atoms with Crippen molar-refractivity contribution < 1.29 is 8.42 Å². The van der Waals surface area contributed by atoms with Gasteiger partial charge in [0.05, 0.1) is 17.5 Å². The summed E-state index contributed by atoms with van der Waals surface area (Å²) in [6.07, 6.45) is 4.41. The number of aromatic nitrogens is 1. The topological polar surface area (TPSA) is 76.3 Å². The quantitative estimate of drug-likeness (QED) is 0.875. The molecule has 0 spiro atoms. The van der Waals surface area contributed by atoms with E-state index in [2.05, 4.69) is 16.8 Å². The van der Waals surface area contributed by atoms with Crippen molar-refractivity contribution in [1.29, 1.82) is 0 Å². The highest BCUT2D eigenvalue weighted by atomic mass is 32.2. The number of rotatable bonds is 4. The highest BCUT2D eigenvalue weighted by Gasteiger charge is 2.31. The van der Waals surface area contributed by atoms with Gasteiger partial charge in [-0.05, 0) is 18.1 Å². The molecule has 1 saturated heterocycles. The fourth-order valence-corrected chi connectivity index (χ4v) is 3.74. The molecule has 2 heterocycles. The molecule has 1 fully saturated rings. The van der Waals surface area contributed by atoms with Crippen molar-refractivity contribution in [2.45, 2.75) is 25.4 Å². The maximum absolute atomic E-state index is 11.5. The Kier molecular flexibility index (Phi) is 4.54. The summed E-state index contributed by atoms with van der Waals surface area (Å²) in [7, 11) is -2.86. The van der Waals surface area contributed by atoms with Crippen molar-refractivity contribution in [3.8, 4) is 0 Å². The van der Waals surface area contributed by atoms with E-state index in [4.69, 9.17) is 5.73 Å². The third-order valence-corrected chi connectivity index (χ3v) is 5.28. The van der Waals surface area contributed by atoms with E-state index < -0.39 is 9.84 Å². The van der Waals surface area contributed by atoms with Crippen LogP contribution in [0.5, 0.6) is 0 Å². The van der Waals surface area contributed by atoms with Gasteiger partial charge < -0.3 is 5.73 Å². The summed E-state index contributed by atoms with van der Waals surface area (Å²) in [5, 5.41) is 0. The molecule has 0 aliphatic carbocycles. The lowest BCUT2D eigenvalue weighted by Crippen LogP contribution is -2.48. The standard InChI is InChI=1S/C13H21N3O2S/c1-2-12(14)13(11-4-3-5-15-10-11)16-6-8-19(17,18)9-7-16/h3-5,10,12-13H,2,6-9,14H2,1H3. The Morgan fingerprint density at radius 2 is 2.11 bits per heavy atom. The fourth-order valence-electron chi connectivity index (χ4n) is 2.51. The Balaban J connectivity index is 2.20. The van der Waals surface area contributed by atoms with Crippen molar-refractivity contribution in [2.75, 3.05) is 24.6 Å². The van der Waals surface area contributed by atoms with Crippen LogP contribution in [0.4, 0.5) is 0 Å². The minimum atomic E-state index is -2.86. The summed E-state index contributed by atoms with van der Waals surface area (Å²) in [5.74, 6) is 0.445. The van der Waals surface area contributed by atoms with Gasteiger partial charge in [-0.2, -0.15) is 0 Å². The molecule has 2 unspecified atom stereocenters. The van der Waals surface area contributed by atoms with Gasteiger partial charge in [-0.25, -0.2) is 8.42 Å². The number of hydrogen-bond acceptors (Lipinski definition) is 5. The van der Waals surface area contributed by atoms with E-state index >= 15 is 0 Å². The van der Waals surface area contributed by atoms with Crippen molar-refractivity contribution in [2.24, 2.45) is 5.73 Å². The second kappa shape index (κ2) is 5.98. The van der Waals surface area contributed by atoms with Gasteiger partial charge in [-0.3, -0.25) is 9.88 Å². The average Bonchev–Trinajstić information content (AvgIpc) is 2.42. The third-order valence-electron chi connectivity index (χ3n) is 3.68. The fraction of sp³-hybridized carbons (Fsp3) is 0.615. The minimum absolute atomic E-state index is 0.00926. The monoisotopic (exact) mass is 283 g/mol. The Morgan fingerprint density at radius 3 is 2.63 bits per heavy atom. The predicted molar refractivity (Wildman–Crippen MR) is 75.5 cm³/mol. The van der Waals surface area contributed by atoms with Gasteiger partial charge in [0.25, 0.3) is 0 Å². The first-order chi connectivity index (χ1) is 9.03. The van der Waals surface area contributed by atoms with E-state index in [1.807, 2.05) is 18.3 Å². The van der Waals surface area contributed by atoms with Gasteiger partial charge in [0.1, 0.15) is 0 Å². The van der Waals surface area contributed by atoms with Crippen LogP contribution in [0.2, 0.25) is 0 Å². The first-order valence-corrected chi connectivity index (χ1v) is 8.45. The van der Waals surface area contributed by atoms with Gasteiger partial charge in [0.15, 0.2) is 9.84 Å². The molecule has 106 valence electrons. The SMILES string of the molecule is CCC(N)C(c1cccnc1)N1CCS(=O)(=O)CC1. The Hall–Kier alpha value is -0.980. The maximum Gasteiger partial charge on any atom is 0.152 e. The normalized spacial score (nSPS) is 22.8. The number of nitrogens with zero attached hydrogens (tertiary/aromatic N) is 2. The molecule has 0 aromatic carbocycles. The molecule has 5 nitrogen and oxygen atoms in total. The third kappa shape index (κ3) is 3.52. The first-order valence-electron chi connectivity index (χ1n) is 6.63. The van der Waals surface area contributed by atoms with E-state index in [-0.39, 0.29) is 23.6 Å². The molecule has 19 heavy (non-hydrogen) atoms. The van der Waals surface area contributed by atoms with Crippen molar-refractivity contribution in [3.63, 3.8) is 0 Å². The number of sulfone groups is 1. The molecule has 2 atom stereocenters. The van der Waals surface area contributed by atoms with Gasteiger partial charge in [-0.15, -0.1) is 0 Å². The van der Waals surface area contributed by atoms with E-state index in [0.29, 0.717) is 13.1 Å². The lowest BCUT2D eigenvalue weighted by Gasteiger charge is -2.37. The zero-order valence-corrected chi connectivity index (χ0v) is 12.0. The Bertz CT molecular complexity index is 490. The molecule has 0 saturated carbocycles. The van der Waals surface area contributed by atoms with Crippen LogP contribution in [-0.2, 0) is 9.84 Å². The highest BCUT2D eigenvalue weighted by molar-refractivity contribution is 7.91. The van der Waals surface area contributed by atoms with Gasteiger partial charge >= 0.3 is 0 Å². The molecule has 0 radical (unpaired) electrons. The van der Waals surface area contributed by atoms with Crippen LogP contribution >= 0.6 is 0 Å². The molecule has 1 aromatic rings. The summed E-state index contributed by atoms with van der Waals surface area (Å²) in [6, 6.07) is 3.95. The van der Waals surface area contributed by atoms with Crippen molar-refractivity contribution in [1.82, 2.24) is 9.88 Å². The lowest BCUT2D eigenvalue weighted by atomic mass is 9.97. The van der Waals surface area contributed by atoms with Crippen LogP contribution in [0.15, 0.2) is 24.5 Å². The summed E-state index contributed by atoms with van der Waals surface area (Å²) in [6.45, 7) is 3.15. The summed E-state index contributed by atoms with van der Waals surface area (Å²) < 4.78 is 23.0. The molecular formula is C13H21N3O2S. The molecule has 2 N–H and O–H groups in total. The van der Waals surface area contributed by atoms with E-state index in [1.54, 1.807) is 6.20 Å². The first kappa shape index (κ1) is 14.4. The Labute approximate surface area is 114 Å². The lowest BCUT2D eigenvalue weighted by molar-refractivity contribution is 0.183. The van der Waals surface area contributed by atoms with Gasteiger partial charge in [-0.1, -0.05) is 13.0 Å². The zero-order chi connectivity index (χ0) is 13.9. The van der Waals surface area contributed by atoms with Crippen LogP contribution in [0.25, 0.3) is 0 Å². The molecule has 0 bridgehead atoms. The van der Waals surface area contributed by atoms with Gasteiger partial charge in [0, 0.05) is 31.5 Å². The van der Waals surface area contributed by atoms with Crippen LogP contribution in [0, 0.1) is 0 Å².